The van der Waals surface area contributed by atoms with Gasteiger partial charge in [-0.1, -0.05) is 42.5 Å². The molecule has 1 atom stereocenters. The van der Waals surface area contributed by atoms with E-state index < -0.39 is 17.7 Å². The molecule has 0 bridgehead atoms. The van der Waals surface area contributed by atoms with E-state index in [1.54, 1.807) is 36.7 Å². The molecule has 1 fully saturated rings. The molecule has 36 heavy (non-hydrogen) atoms. The molecular weight excluding hydrogens is 472 g/mol. The second-order valence-electron chi connectivity index (χ2n) is 8.56. The molecule has 1 amide bonds. The van der Waals surface area contributed by atoms with Gasteiger partial charge in [0.15, 0.2) is 0 Å². The van der Waals surface area contributed by atoms with Gasteiger partial charge in [0.05, 0.1) is 11.6 Å². The van der Waals surface area contributed by atoms with Crippen molar-refractivity contribution >= 4 is 28.8 Å². The Morgan fingerprint density at radius 3 is 2.53 bits per heavy atom. The van der Waals surface area contributed by atoms with Crippen LogP contribution in [-0.2, 0) is 22.7 Å². The van der Waals surface area contributed by atoms with Crippen LogP contribution in [0.4, 0.5) is 0 Å². The molecule has 3 heterocycles. The molecule has 1 aliphatic rings. The summed E-state index contributed by atoms with van der Waals surface area (Å²) in [5.41, 5.74) is 3.21. The van der Waals surface area contributed by atoms with Gasteiger partial charge in [0, 0.05) is 29.4 Å². The van der Waals surface area contributed by atoms with E-state index in [2.05, 4.69) is 4.98 Å². The molecule has 4 aromatic rings. The van der Waals surface area contributed by atoms with Gasteiger partial charge in [-0.2, -0.15) is 0 Å². The van der Waals surface area contributed by atoms with Gasteiger partial charge < -0.3 is 14.7 Å². The lowest BCUT2D eigenvalue weighted by Crippen LogP contribution is -2.28. The number of ketones is 1. The Hall–Kier alpha value is -4.23. The third-order valence-electron chi connectivity index (χ3n) is 6.11. The molecule has 0 saturated carbocycles. The van der Waals surface area contributed by atoms with Crippen LogP contribution in [0.15, 0.2) is 96.1 Å². The lowest BCUT2D eigenvalue weighted by Gasteiger charge is -2.24. The average molecular weight is 497 g/mol. The van der Waals surface area contributed by atoms with Gasteiger partial charge in [0.1, 0.15) is 18.1 Å². The van der Waals surface area contributed by atoms with Gasteiger partial charge in [-0.3, -0.25) is 14.6 Å². The number of rotatable bonds is 7. The molecule has 1 N–H and O–H groups in total. The molecule has 1 saturated heterocycles. The second kappa shape index (κ2) is 10.2. The normalized spacial score (nSPS) is 16.9. The van der Waals surface area contributed by atoms with Crippen molar-refractivity contribution in [2.75, 3.05) is 0 Å². The highest BCUT2D eigenvalue weighted by Gasteiger charge is 2.46. The van der Waals surface area contributed by atoms with Crippen molar-refractivity contribution in [1.82, 2.24) is 9.88 Å². The zero-order valence-corrected chi connectivity index (χ0v) is 20.4. The van der Waals surface area contributed by atoms with Crippen LogP contribution >= 0.6 is 11.3 Å². The lowest BCUT2D eigenvalue weighted by molar-refractivity contribution is -0.140. The number of hydrogen-bond acceptors (Lipinski definition) is 6. The number of carbonyl (C=O) groups excluding carboxylic acids is 2. The molecular formula is C29H24N2O4S. The third-order valence-corrected chi connectivity index (χ3v) is 7.04. The molecule has 0 spiro atoms. The number of Topliss-reactive ketones (excluding diaryl/α,β-unsaturated/α-hetero) is 1. The van der Waals surface area contributed by atoms with E-state index in [1.807, 2.05) is 60.8 Å². The maximum atomic E-state index is 13.2. The van der Waals surface area contributed by atoms with Crippen molar-refractivity contribution in [2.45, 2.75) is 26.1 Å². The minimum absolute atomic E-state index is 0.0868. The van der Waals surface area contributed by atoms with Crippen LogP contribution in [0.25, 0.3) is 5.76 Å². The molecule has 7 heteroatoms. The summed E-state index contributed by atoms with van der Waals surface area (Å²) in [6, 6.07) is 21.8. The van der Waals surface area contributed by atoms with Crippen molar-refractivity contribution in [2.24, 2.45) is 0 Å². The SMILES string of the molecule is Cc1cc(C(O)=C2C(=O)C(=O)N(Cc3cccnc3)[C@@H]2c2cccs2)ccc1OCc1ccccc1. The number of aliphatic hydroxyl groups excluding tert-OH is 1. The summed E-state index contributed by atoms with van der Waals surface area (Å²) in [5.74, 6) is -0.851. The van der Waals surface area contributed by atoms with E-state index in [0.29, 0.717) is 17.9 Å². The number of nitrogens with zero attached hydrogens (tertiary/aromatic N) is 2. The molecule has 2 aromatic heterocycles. The van der Waals surface area contributed by atoms with Gasteiger partial charge in [0.25, 0.3) is 11.7 Å². The fourth-order valence-corrected chi connectivity index (χ4v) is 5.17. The predicted molar refractivity (Wildman–Crippen MR) is 138 cm³/mol. The van der Waals surface area contributed by atoms with Crippen LogP contribution in [0.2, 0.25) is 0 Å². The Bertz CT molecular complexity index is 1420. The summed E-state index contributed by atoms with van der Waals surface area (Å²) in [4.78, 5) is 32.7. The van der Waals surface area contributed by atoms with Crippen LogP contribution < -0.4 is 4.74 Å². The van der Waals surface area contributed by atoms with Crippen molar-refractivity contribution < 1.29 is 19.4 Å². The van der Waals surface area contributed by atoms with Gasteiger partial charge in [-0.05, 0) is 59.3 Å². The number of likely N-dealkylation sites (tertiary alicyclic amines) is 1. The first kappa shape index (κ1) is 23.5. The minimum Gasteiger partial charge on any atom is -0.507 e. The van der Waals surface area contributed by atoms with Gasteiger partial charge in [0.2, 0.25) is 0 Å². The first-order chi connectivity index (χ1) is 17.5. The fourth-order valence-electron chi connectivity index (χ4n) is 4.32. The minimum atomic E-state index is -0.697. The van der Waals surface area contributed by atoms with Gasteiger partial charge in [-0.15, -0.1) is 11.3 Å². The molecule has 0 radical (unpaired) electrons. The van der Waals surface area contributed by atoms with Crippen LogP contribution in [-0.4, -0.2) is 26.7 Å². The number of ether oxygens (including phenoxy) is 1. The largest absolute Gasteiger partial charge is 0.507 e. The summed E-state index contributed by atoms with van der Waals surface area (Å²) in [5, 5.41) is 13.2. The Labute approximate surface area is 213 Å². The summed E-state index contributed by atoms with van der Waals surface area (Å²) in [7, 11) is 0. The summed E-state index contributed by atoms with van der Waals surface area (Å²) < 4.78 is 5.95. The number of aliphatic hydroxyl groups is 1. The van der Waals surface area contributed by atoms with Crippen LogP contribution in [0.1, 0.15) is 33.2 Å². The molecule has 2 aromatic carbocycles. The molecule has 180 valence electrons. The number of thiophene rings is 1. The monoisotopic (exact) mass is 496 g/mol. The van der Waals surface area contributed by atoms with Crippen molar-refractivity contribution in [3.63, 3.8) is 0 Å². The topological polar surface area (TPSA) is 79.7 Å². The summed E-state index contributed by atoms with van der Waals surface area (Å²) in [6.07, 6.45) is 3.33. The molecule has 0 aliphatic carbocycles. The Morgan fingerprint density at radius 2 is 1.83 bits per heavy atom. The smallest absolute Gasteiger partial charge is 0.295 e. The van der Waals surface area contributed by atoms with Crippen molar-refractivity contribution in [3.05, 3.63) is 123 Å². The number of hydrogen-bond donors (Lipinski definition) is 1. The van der Waals surface area contributed by atoms with Crippen molar-refractivity contribution in [3.8, 4) is 5.75 Å². The predicted octanol–water partition coefficient (Wildman–Crippen LogP) is 5.65. The van der Waals surface area contributed by atoms with Gasteiger partial charge >= 0.3 is 0 Å². The maximum Gasteiger partial charge on any atom is 0.295 e. The molecule has 0 unspecified atom stereocenters. The first-order valence-electron chi connectivity index (χ1n) is 11.5. The number of pyridine rings is 1. The standard InChI is InChI=1S/C29H24N2O4S/c1-19-15-22(11-12-23(19)35-18-20-7-3-2-4-8-20)27(32)25-26(24-10-6-14-36-24)31(29(34)28(25)33)17-21-9-5-13-30-16-21/h2-16,26,32H,17-18H2,1H3/t26-/m1/s1. The zero-order chi connectivity index (χ0) is 25.1. The highest BCUT2D eigenvalue weighted by molar-refractivity contribution is 7.10. The third kappa shape index (κ3) is 4.65. The zero-order valence-electron chi connectivity index (χ0n) is 19.6. The average Bonchev–Trinajstić information content (AvgIpc) is 3.52. The summed E-state index contributed by atoms with van der Waals surface area (Å²) in [6.45, 7) is 2.52. The van der Waals surface area contributed by atoms with E-state index in [1.165, 1.54) is 16.2 Å². The highest BCUT2D eigenvalue weighted by atomic mass is 32.1. The maximum absolute atomic E-state index is 13.2. The van der Waals surface area contributed by atoms with Crippen LogP contribution in [0.3, 0.4) is 0 Å². The van der Waals surface area contributed by atoms with E-state index in [4.69, 9.17) is 4.74 Å². The van der Waals surface area contributed by atoms with Crippen molar-refractivity contribution in [1.29, 1.82) is 0 Å². The molecule has 6 nitrogen and oxygen atoms in total. The van der Waals surface area contributed by atoms with Crippen LogP contribution in [0, 0.1) is 6.92 Å². The van der Waals surface area contributed by atoms with E-state index >= 15 is 0 Å². The number of aromatic nitrogens is 1. The number of amides is 1. The number of carbonyl (C=O) groups is 2. The van der Waals surface area contributed by atoms with E-state index in [0.717, 1.165) is 21.6 Å². The first-order valence-corrected chi connectivity index (χ1v) is 12.4. The second-order valence-corrected chi connectivity index (χ2v) is 9.54. The van der Waals surface area contributed by atoms with Gasteiger partial charge in [-0.25, -0.2) is 0 Å². The highest BCUT2D eigenvalue weighted by Crippen LogP contribution is 2.42. The Balaban J connectivity index is 1.48. The van der Waals surface area contributed by atoms with Crippen LogP contribution in [0.5, 0.6) is 5.75 Å². The molecule has 5 rings (SSSR count). The van der Waals surface area contributed by atoms with E-state index in [9.17, 15) is 14.7 Å². The quantitative estimate of drug-likeness (QED) is 0.203. The molecule has 1 aliphatic heterocycles. The summed E-state index contributed by atoms with van der Waals surface area (Å²) >= 11 is 1.44. The fraction of sp³-hybridized carbons (Fsp3) is 0.138. The number of benzene rings is 2. The lowest BCUT2D eigenvalue weighted by atomic mass is 9.98. The Morgan fingerprint density at radius 1 is 1.03 bits per heavy atom. The van der Waals surface area contributed by atoms with E-state index in [-0.39, 0.29) is 17.9 Å². The number of aryl methyl sites for hydroxylation is 1. The Kier molecular flexibility index (Phi) is 6.64.